The summed E-state index contributed by atoms with van der Waals surface area (Å²) in [6, 6.07) is 20.3. The highest BCUT2D eigenvalue weighted by Crippen LogP contribution is 2.40. The Kier molecular flexibility index (Phi) is 5.73. The zero-order chi connectivity index (χ0) is 19.3. The van der Waals surface area contributed by atoms with Gasteiger partial charge in [-0.3, -0.25) is 4.79 Å². The van der Waals surface area contributed by atoms with Crippen LogP contribution in [0.3, 0.4) is 0 Å². The largest absolute Gasteiger partial charge is 0.426 e. The van der Waals surface area contributed by atoms with Crippen LogP contribution in [0.4, 0.5) is 0 Å². The van der Waals surface area contributed by atoms with Crippen molar-refractivity contribution in [1.29, 1.82) is 0 Å². The Balaban J connectivity index is 1.65. The molecule has 2 aromatic carbocycles. The van der Waals surface area contributed by atoms with E-state index in [-0.39, 0.29) is 11.9 Å². The number of carbonyl (C=O) groups is 1. The van der Waals surface area contributed by atoms with Crippen LogP contribution in [0.2, 0.25) is 0 Å². The minimum atomic E-state index is -0.792. The van der Waals surface area contributed by atoms with E-state index in [4.69, 9.17) is 4.74 Å². The second-order valence-electron chi connectivity index (χ2n) is 7.62. The van der Waals surface area contributed by atoms with Crippen molar-refractivity contribution in [1.82, 2.24) is 0 Å². The molecular formula is C25H26O3. The van der Waals surface area contributed by atoms with Crippen LogP contribution in [0.25, 0.3) is 0 Å². The first-order valence-corrected chi connectivity index (χ1v) is 10.1. The maximum atomic E-state index is 12.9. The van der Waals surface area contributed by atoms with Crippen LogP contribution >= 0.6 is 0 Å². The number of hydrogen-bond donors (Lipinski definition) is 1. The Morgan fingerprint density at radius 1 is 1.04 bits per heavy atom. The number of benzene rings is 2. The maximum absolute atomic E-state index is 12.9. The summed E-state index contributed by atoms with van der Waals surface area (Å²) in [6.07, 6.45) is 7.39. The number of aliphatic hydroxyl groups is 1. The summed E-state index contributed by atoms with van der Waals surface area (Å²) in [5.41, 5.74) is 3.19. The summed E-state index contributed by atoms with van der Waals surface area (Å²) in [5, 5.41) is 11.2. The molecule has 1 N–H and O–H groups in total. The van der Waals surface area contributed by atoms with Gasteiger partial charge in [-0.25, -0.2) is 0 Å². The van der Waals surface area contributed by atoms with Crippen LogP contribution in [0.5, 0.6) is 0 Å². The smallest absolute Gasteiger partial charge is 0.317 e. The van der Waals surface area contributed by atoms with Crippen molar-refractivity contribution < 1.29 is 14.6 Å². The normalized spacial score (nSPS) is 23.0. The molecule has 3 heteroatoms. The first-order valence-electron chi connectivity index (χ1n) is 10.1. The number of esters is 1. The van der Waals surface area contributed by atoms with Gasteiger partial charge in [-0.1, -0.05) is 66.7 Å². The quantitative estimate of drug-likeness (QED) is 0.755. The topological polar surface area (TPSA) is 46.5 Å². The molecule has 0 saturated carbocycles. The van der Waals surface area contributed by atoms with Crippen LogP contribution in [-0.2, 0) is 16.0 Å². The lowest BCUT2D eigenvalue weighted by molar-refractivity contribution is -0.151. The summed E-state index contributed by atoms with van der Waals surface area (Å²) in [4.78, 5) is 12.9. The van der Waals surface area contributed by atoms with Crippen LogP contribution in [0.1, 0.15) is 42.7 Å². The van der Waals surface area contributed by atoms with Gasteiger partial charge in [-0.15, -0.1) is 0 Å². The predicted molar refractivity (Wildman–Crippen MR) is 110 cm³/mol. The van der Waals surface area contributed by atoms with Crippen molar-refractivity contribution in [2.75, 3.05) is 0 Å². The zero-order valence-electron chi connectivity index (χ0n) is 16.0. The predicted octanol–water partition coefficient (Wildman–Crippen LogP) is 4.93. The van der Waals surface area contributed by atoms with Gasteiger partial charge in [0.2, 0.25) is 0 Å². The van der Waals surface area contributed by atoms with Crippen molar-refractivity contribution >= 4 is 5.97 Å². The first kappa shape index (κ1) is 18.7. The van der Waals surface area contributed by atoms with Crippen molar-refractivity contribution in [3.63, 3.8) is 0 Å². The summed E-state index contributed by atoms with van der Waals surface area (Å²) in [5.74, 6) is -0.428. The Morgan fingerprint density at radius 3 is 2.50 bits per heavy atom. The van der Waals surface area contributed by atoms with E-state index < -0.39 is 12.0 Å². The van der Waals surface area contributed by atoms with Crippen molar-refractivity contribution in [2.45, 2.75) is 44.1 Å². The monoisotopic (exact) mass is 374 g/mol. The molecule has 0 radical (unpaired) electrons. The van der Waals surface area contributed by atoms with E-state index in [1.807, 2.05) is 60.7 Å². The molecular weight excluding hydrogens is 348 g/mol. The highest BCUT2D eigenvalue weighted by atomic mass is 16.5. The van der Waals surface area contributed by atoms with E-state index in [2.05, 4.69) is 12.1 Å². The molecule has 0 aromatic heterocycles. The fraction of sp³-hybridized carbons (Fsp3) is 0.320. The highest BCUT2D eigenvalue weighted by Gasteiger charge is 2.43. The Labute approximate surface area is 166 Å². The van der Waals surface area contributed by atoms with E-state index in [0.717, 1.165) is 43.2 Å². The number of allylic oxidation sites excluding steroid dienone is 2. The third kappa shape index (κ3) is 3.95. The van der Waals surface area contributed by atoms with Crippen molar-refractivity contribution in [2.24, 2.45) is 5.92 Å². The molecule has 3 nitrogen and oxygen atoms in total. The molecule has 3 atom stereocenters. The highest BCUT2D eigenvalue weighted by molar-refractivity contribution is 5.78. The lowest BCUT2D eigenvalue weighted by atomic mass is 9.75. The van der Waals surface area contributed by atoms with Crippen molar-refractivity contribution in [3.8, 4) is 0 Å². The Morgan fingerprint density at radius 2 is 1.75 bits per heavy atom. The van der Waals surface area contributed by atoms with E-state index in [1.165, 1.54) is 5.56 Å². The molecule has 0 spiro atoms. The number of rotatable bonds is 5. The van der Waals surface area contributed by atoms with Gasteiger partial charge in [0.1, 0.15) is 5.76 Å². The summed E-state index contributed by atoms with van der Waals surface area (Å²) >= 11 is 0. The number of carbonyl (C=O) groups excluding carboxylic acids is 1. The van der Waals surface area contributed by atoms with Gasteiger partial charge in [0.25, 0.3) is 0 Å². The first-order chi connectivity index (χ1) is 13.7. The molecule has 1 heterocycles. The summed E-state index contributed by atoms with van der Waals surface area (Å²) in [7, 11) is 0. The second kappa shape index (κ2) is 8.57. The van der Waals surface area contributed by atoms with E-state index in [9.17, 15) is 9.90 Å². The Bertz CT molecular complexity index is 867. The second-order valence-corrected chi connectivity index (χ2v) is 7.62. The van der Waals surface area contributed by atoms with Gasteiger partial charge in [0.15, 0.2) is 0 Å². The Hall–Kier alpha value is -2.65. The van der Waals surface area contributed by atoms with Crippen LogP contribution in [0.15, 0.2) is 84.1 Å². The molecule has 0 saturated heterocycles. The number of ether oxygens (including phenoxy) is 1. The summed E-state index contributed by atoms with van der Waals surface area (Å²) < 4.78 is 5.70. The molecule has 2 aliphatic rings. The molecule has 1 aliphatic carbocycles. The molecule has 0 fully saturated rings. The maximum Gasteiger partial charge on any atom is 0.317 e. The number of hydrogen-bond acceptors (Lipinski definition) is 3. The van der Waals surface area contributed by atoms with Gasteiger partial charge in [-0.2, -0.15) is 0 Å². The number of aryl methyl sites for hydroxylation is 1. The molecule has 4 rings (SSSR count). The molecule has 0 amide bonds. The van der Waals surface area contributed by atoms with E-state index in [0.29, 0.717) is 5.76 Å². The molecule has 28 heavy (non-hydrogen) atoms. The molecule has 144 valence electrons. The lowest BCUT2D eigenvalue weighted by Crippen LogP contribution is -2.40. The number of aliphatic hydroxyl groups excluding tert-OH is 1. The summed E-state index contributed by atoms with van der Waals surface area (Å²) in [6.45, 7) is 0. The third-order valence-electron chi connectivity index (χ3n) is 5.83. The average molecular weight is 374 g/mol. The minimum absolute atomic E-state index is 0.0924. The minimum Gasteiger partial charge on any atom is -0.426 e. The van der Waals surface area contributed by atoms with Crippen LogP contribution in [0, 0.1) is 5.92 Å². The van der Waals surface area contributed by atoms with E-state index >= 15 is 0 Å². The molecule has 2 aromatic rings. The SMILES string of the molecule is O=C1OC2=C(CCCC=C2)C(O)C1C(CCc1ccccc1)c1ccccc1. The third-order valence-corrected chi connectivity index (χ3v) is 5.83. The van der Waals surface area contributed by atoms with Gasteiger partial charge >= 0.3 is 5.97 Å². The van der Waals surface area contributed by atoms with Crippen molar-refractivity contribution in [3.05, 3.63) is 95.3 Å². The van der Waals surface area contributed by atoms with Gasteiger partial charge < -0.3 is 9.84 Å². The fourth-order valence-corrected chi connectivity index (χ4v) is 4.35. The van der Waals surface area contributed by atoms with Crippen LogP contribution in [-0.4, -0.2) is 17.2 Å². The molecule has 3 unspecified atom stereocenters. The standard InChI is InChI=1S/C25H26O3/c26-24-21-14-8-3-9-15-22(21)28-25(27)23(24)20(19-12-6-2-7-13-19)17-16-18-10-4-1-5-11-18/h1-2,4-7,9-13,15,20,23-24,26H,3,8,14,16-17H2. The van der Waals surface area contributed by atoms with Gasteiger partial charge in [0.05, 0.1) is 12.0 Å². The molecule has 1 aliphatic heterocycles. The van der Waals surface area contributed by atoms with Crippen LogP contribution < -0.4 is 0 Å². The zero-order valence-corrected chi connectivity index (χ0v) is 16.0. The van der Waals surface area contributed by atoms with Gasteiger partial charge in [0, 0.05) is 11.5 Å². The fourth-order valence-electron chi connectivity index (χ4n) is 4.35. The molecule has 0 bridgehead atoms. The average Bonchev–Trinajstić information content (AvgIpc) is 2.97. The van der Waals surface area contributed by atoms with Gasteiger partial charge in [-0.05, 0) is 49.3 Å². The van der Waals surface area contributed by atoms with E-state index in [1.54, 1.807) is 0 Å². The lowest BCUT2D eigenvalue weighted by Gasteiger charge is -2.35.